The molecule has 0 saturated carbocycles. The van der Waals surface area contributed by atoms with Crippen molar-refractivity contribution in [2.45, 2.75) is 52.5 Å². The van der Waals surface area contributed by atoms with Crippen LogP contribution in [0.3, 0.4) is 0 Å². The second-order valence-corrected chi connectivity index (χ2v) is 10.5. The Morgan fingerprint density at radius 2 is 1.37 bits per heavy atom. The van der Waals surface area contributed by atoms with Crippen LogP contribution >= 0.6 is 0 Å². The number of carbonyl (C=O) groups excluding carboxylic acids is 2. The van der Waals surface area contributed by atoms with Crippen molar-refractivity contribution in [1.29, 1.82) is 0 Å². The Labute approximate surface area is 241 Å². The van der Waals surface area contributed by atoms with E-state index in [4.69, 9.17) is 5.11 Å². The fourth-order valence-electron chi connectivity index (χ4n) is 5.14. The van der Waals surface area contributed by atoms with Crippen molar-refractivity contribution >= 4 is 29.0 Å². The number of carboxylic acid groups (broad SMARTS) is 1. The summed E-state index contributed by atoms with van der Waals surface area (Å²) in [4.78, 5) is 36.6. The molecule has 0 aliphatic carbocycles. The Bertz CT molecular complexity index is 1490. The molecule has 0 unspecified atom stereocenters. The van der Waals surface area contributed by atoms with Gasteiger partial charge in [-0.15, -0.1) is 0 Å². The predicted octanol–water partition coefficient (Wildman–Crippen LogP) is 7.38. The molecule has 0 radical (unpaired) electrons. The van der Waals surface area contributed by atoms with Crippen molar-refractivity contribution in [2.24, 2.45) is 0 Å². The molecule has 0 aliphatic rings. The molecule has 4 aromatic rings. The molecule has 0 fully saturated rings. The quantitative estimate of drug-likeness (QED) is 0.161. The van der Waals surface area contributed by atoms with Gasteiger partial charge in [0.25, 0.3) is 0 Å². The first-order chi connectivity index (χ1) is 19.7. The van der Waals surface area contributed by atoms with Gasteiger partial charge in [-0.1, -0.05) is 60.2 Å². The van der Waals surface area contributed by atoms with Crippen molar-refractivity contribution in [3.63, 3.8) is 0 Å². The SMILES string of the molecule is Cc1cc(C)c(-c2ccc(NC(=O)[C@H](Cc3ccccc3)Nc3ccc(C(=O)CCCC(=O)O)cc3)cc2)c(C)c1. The van der Waals surface area contributed by atoms with Gasteiger partial charge in [0.15, 0.2) is 5.78 Å². The lowest BCUT2D eigenvalue weighted by atomic mass is 9.94. The van der Waals surface area contributed by atoms with Crippen molar-refractivity contribution < 1.29 is 19.5 Å². The van der Waals surface area contributed by atoms with Crippen LogP contribution < -0.4 is 10.6 Å². The highest BCUT2D eigenvalue weighted by Crippen LogP contribution is 2.29. The van der Waals surface area contributed by atoms with Gasteiger partial charge in [0.2, 0.25) is 5.91 Å². The maximum absolute atomic E-state index is 13.5. The predicted molar refractivity (Wildman–Crippen MR) is 165 cm³/mol. The van der Waals surface area contributed by atoms with Gasteiger partial charge in [0, 0.05) is 36.2 Å². The minimum absolute atomic E-state index is 0.0321. The van der Waals surface area contributed by atoms with Gasteiger partial charge in [-0.2, -0.15) is 0 Å². The zero-order valence-corrected chi connectivity index (χ0v) is 23.7. The maximum Gasteiger partial charge on any atom is 0.303 e. The fraction of sp³-hybridized carbons (Fsp3) is 0.229. The van der Waals surface area contributed by atoms with Crippen LogP contribution in [0, 0.1) is 20.8 Å². The highest BCUT2D eigenvalue weighted by molar-refractivity contribution is 5.98. The average Bonchev–Trinajstić information content (AvgIpc) is 2.94. The molecule has 0 saturated heterocycles. The number of anilines is 2. The first-order valence-electron chi connectivity index (χ1n) is 13.8. The monoisotopic (exact) mass is 548 g/mol. The second-order valence-electron chi connectivity index (χ2n) is 10.5. The number of Topliss-reactive ketones (excluding diaryl/α,β-unsaturated/α-hetero) is 1. The van der Waals surface area contributed by atoms with E-state index in [1.54, 1.807) is 24.3 Å². The molecule has 0 aromatic heterocycles. The first kappa shape index (κ1) is 29.3. The van der Waals surface area contributed by atoms with E-state index in [2.05, 4.69) is 43.5 Å². The molecule has 6 heteroatoms. The smallest absolute Gasteiger partial charge is 0.303 e. The highest BCUT2D eigenvalue weighted by Gasteiger charge is 2.20. The molecule has 1 amide bonds. The van der Waals surface area contributed by atoms with E-state index in [0.29, 0.717) is 29.8 Å². The third-order valence-electron chi connectivity index (χ3n) is 7.06. The number of aliphatic carboxylic acids is 1. The average molecular weight is 549 g/mol. The summed E-state index contributed by atoms with van der Waals surface area (Å²) in [6.45, 7) is 6.33. The molecule has 4 rings (SSSR count). The lowest BCUT2D eigenvalue weighted by molar-refractivity contribution is -0.137. The summed E-state index contributed by atoms with van der Waals surface area (Å²) < 4.78 is 0. The Kier molecular flexibility index (Phi) is 9.69. The molecule has 210 valence electrons. The van der Waals surface area contributed by atoms with Gasteiger partial charge >= 0.3 is 5.97 Å². The van der Waals surface area contributed by atoms with Gasteiger partial charge in [-0.3, -0.25) is 14.4 Å². The number of hydrogen-bond donors (Lipinski definition) is 3. The molecule has 0 aliphatic heterocycles. The number of rotatable bonds is 12. The van der Waals surface area contributed by atoms with Crippen LogP contribution in [0.2, 0.25) is 0 Å². The second kappa shape index (κ2) is 13.6. The van der Waals surface area contributed by atoms with E-state index in [9.17, 15) is 14.4 Å². The molecule has 41 heavy (non-hydrogen) atoms. The summed E-state index contributed by atoms with van der Waals surface area (Å²) in [7, 11) is 0. The molecular weight excluding hydrogens is 512 g/mol. The maximum atomic E-state index is 13.5. The molecule has 6 nitrogen and oxygen atoms in total. The van der Waals surface area contributed by atoms with Gasteiger partial charge in [0.05, 0.1) is 0 Å². The molecule has 3 N–H and O–H groups in total. The summed E-state index contributed by atoms with van der Waals surface area (Å²) >= 11 is 0. The van der Waals surface area contributed by atoms with Gasteiger partial charge in [0.1, 0.15) is 6.04 Å². The zero-order valence-electron chi connectivity index (χ0n) is 23.7. The molecule has 4 aromatic carbocycles. The third-order valence-corrected chi connectivity index (χ3v) is 7.06. The molecule has 1 atom stereocenters. The van der Waals surface area contributed by atoms with Crippen LogP contribution in [0.15, 0.2) is 91.0 Å². The van der Waals surface area contributed by atoms with Crippen LogP contribution in [-0.2, 0) is 16.0 Å². The lowest BCUT2D eigenvalue weighted by Crippen LogP contribution is -2.36. The summed E-state index contributed by atoms with van der Waals surface area (Å²) in [6, 6.07) is 28.5. The lowest BCUT2D eigenvalue weighted by Gasteiger charge is -2.20. The van der Waals surface area contributed by atoms with Crippen LogP contribution in [-0.4, -0.2) is 28.8 Å². The molecule has 0 bridgehead atoms. The van der Waals surface area contributed by atoms with Gasteiger partial charge < -0.3 is 15.7 Å². The largest absolute Gasteiger partial charge is 0.481 e. The third kappa shape index (κ3) is 8.15. The van der Waals surface area contributed by atoms with Gasteiger partial charge in [-0.25, -0.2) is 0 Å². The van der Waals surface area contributed by atoms with E-state index in [1.165, 1.54) is 22.3 Å². The number of amides is 1. The Balaban J connectivity index is 1.47. The standard InChI is InChI=1S/C35H36N2O4/c1-23-20-24(2)34(25(3)21-23)28-14-18-30(19-15-28)37-35(41)31(22-26-8-5-4-6-9-26)36-29-16-12-27(13-17-29)32(38)10-7-11-33(39)40/h4-6,8-9,12-21,31,36H,7,10-11,22H2,1-3H3,(H,37,41)(H,39,40)/t31-/m0/s1. The summed E-state index contributed by atoms with van der Waals surface area (Å²) in [5.41, 5.74) is 8.96. The van der Waals surface area contributed by atoms with E-state index in [0.717, 1.165) is 11.1 Å². The number of nitrogens with one attached hydrogen (secondary N) is 2. The Hall–Kier alpha value is -4.71. The van der Waals surface area contributed by atoms with E-state index in [1.807, 2.05) is 54.6 Å². The summed E-state index contributed by atoms with van der Waals surface area (Å²) in [5.74, 6) is -1.18. The number of ketones is 1. The summed E-state index contributed by atoms with van der Waals surface area (Å²) in [6.07, 6.45) is 0.927. The van der Waals surface area contributed by atoms with Crippen LogP contribution in [0.1, 0.15) is 51.9 Å². The normalized spacial score (nSPS) is 11.5. The van der Waals surface area contributed by atoms with E-state index >= 15 is 0 Å². The zero-order chi connectivity index (χ0) is 29.4. The van der Waals surface area contributed by atoms with Crippen molar-refractivity contribution in [2.75, 3.05) is 10.6 Å². The number of carboxylic acids is 1. The molecule has 0 spiro atoms. The van der Waals surface area contributed by atoms with Crippen LogP contribution in [0.5, 0.6) is 0 Å². The molecule has 0 heterocycles. The molecular formula is C35H36N2O4. The van der Waals surface area contributed by atoms with Crippen LogP contribution in [0.25, 0.3) is 11.1 Å². The number of benzene rings is 4. The number of aryl methyl sites for hydroxylation is 3. The Morgan fingerprint density at radius 3 is 1.98 bits per heavy atom. The summed E-state index contributed by atoms with van der Waals surface area (Å²) in [5, 5.41) is 15.2. The fourth-order valence-corrected chi connectivity index (χ4v) is 5.14. The first-order valence-corrected chi connectivity index (χ1v) is 13.8. The number of carbonyl (C=O) groups is 3. The van der Waals surface area contributed by atoms with Crippen molar-refractivity contribution in [1.82, 2.24) is 0 Å². The minimum atomic E-state index is -0.910. The number of hydrogen-bond acceptors (Lipinski definition) is 4. The Morgan fingerprint density at radius 1 is 0.756 bits per heavy atom. The van der Waals surface area contributed by atoms with Crippen LogP contribution in [0.4, 0.5) is 11.4 Å². The topological polar surface area (TPSA) is 95.5 Å². The van der Waals surface area contributed by atoms with E-state index < -0.39 is 12.0 Å². The minimum Gasteiger partial charge on any atom is -0.481 e. The highest BCUT2D eigenvalue weighted by atomic mass is 16.4. The van der Waals surface area contributed by atoms with Gasteiger partial charge in [-0.05, 0) is 91.4 Å². The van der Waals surface area contributed by atoms with Crippen molar-refractivity contribution in [3.05, 3.63) is 119 Å². The van der Waals surface area contributed by atoms with Crippen molar-refractivity contribution in [3.8, 4) is 11.1 Å². The van der Waals surface area contributed by atoms with E-state index in [-0.39, 0.29) is 24.5 Å².